The first-order valence-electron chi connectivity index (χ1n) is 7.44. The van der Waals surface area contributed by atoms with Crippen LogP contribution in [-0.2, 0) is 19.7 Å². The van der Waals surface area contributed by atoms with Gasteiger partial charge in [0.1, 0.15) is 12.3 Å². The Balaban J connectivity index is 2.52. The number of carbonyl (C=O) groups excluding carboxylic acids is 2. The Morgan fingerprint density at radius 2 is 1.77 bits per heavy atom. The summed E-state index contributed by atoms with van der Waals surface area (Å²) in [5.41, 5.74) is 1.26. The molecule has 0 spiro atoms. The van der Waals surface area contributed by atoms with Gasteiger partial charge in [0.25, 0.3) is 5.91 Å². The number of hydrogen-bond donors (Lipinski definition) is 1. The maximum Gasteiger partial charge on any atom is 0.325 e. The molecule has 1 atom stereocenters. The van der Waals surface area contributed by atoms with Crippen molar-refractivity contribution in [1.82, 2.24) is 5.32 Å². The van der Waals surface area contributed by atoms with Crippen LogP contribution in [0.15, 0.2) is 24.3 Å². The van der Waals surface area contributed by atoms with E-state index in [-0.39, 0.29) is 17.9 Å². The number of rotatable bonds is 6. The molecule has 0 fully saturated rings. The minimum atomic E-state index is -0.685. The Kier molecular flexibility index (Phi) is 6.40. The third kappa shape index (κ3) is 5.76. The van der Waals surface area contributed by atoms with Gasteiger partial charge < -0.3 is 14.8 Å². The van der Waals surface area contributed by atoms with E-state index in [9.17, 15) is 9.59 Å². The molecule has 5 nitrogen and oxygen atoms in total. The predicted octanol–water partition coefficient (Wildman–Crippen LogP) is 2.43. The SMILES string of the molecule is CCOC(=O)CNC(=O)C(C)Oc1ccc(C(C)(C)C)cc1. The lowest BCUT2D eigenvalue weighted by molar-refractivity contribution is -0.144. The highest BCUT2D eigenvalue weighted by atomic mass is 16.5. The van der Waals surface area contributed by atoms with Crippen molar-refractivity contribution >= 4 is 11.9 Å². The first-order valence-corrected chi connectivity index (χ1v) is 7.44. The molecule has 1 aromatic carbocycles. The molecular weight excluding hydrogens is 282 g/mol. The van der Waals surface area contributed by atoms with Crippen LogP contribution in [0.4, 0.5) is 0 Å². The molecule has 0 aliphatic heterocycles. The number of benzene rings is 1. The van der Waals surface area contributed by atoms with E-state index in [1.807, 2.05) is 24.3 Å². The van der Waals surface area contributed by atoms with Gasteiger partial charge in [-0.15, -0.1) is 0 Å². The molecule has 22 heavy (non-hydrogen) atoms. The smallest absolute Gasteiger partial charge is 0.325 e. The largest absolute Gasteiger partial charge is 0.481 e. The molecule has 122 valence electrons. The van der Waals surface area contributed by atoms with E-state index >= 15 is 0 Å². The van der Waals surface area contributed by atoms with Crippen molar-refractivity contribution in [2.45, 2.75) is 46.1 Å². The summed E-state index contributed by atoms with van der Waals surface area (Å²) in [5.74, 6) is -0.197. The Morgan fingerprint density at radius 3 is 2.27 bits per heavy atom. The Morgan fingerprint density at radius 1 is 1.18 bits per heavy atom. The van der Waals surface area contributed by atoms with Crippen molar-refractivity contribution in [2.24, 2.45) is 0 Å². The van der Waals surface area contributed by atoms with Crippen LogP contribution >= 0.6 is 0 Å². The standard InChI is InChI=1S/C17H25NO4/c1-6-21-15(19)11-18-16(20)12(2)22-14-9-7-13(8-10-14)17(3,4)5/h7-10,12H,6,11H2,1-5H3,(H,18,20). The van der Waals surface area contributed by atoms with Crippen LogP contribution in [0.3, 0.4) is 0 Å². The van der Waals surface area contributed by atoms with Crippen molar-refractivity contribution in [3.8, 4) is 5.75 Å². The second-order valence-corrected chi connectivity index (χ2v) is 6.06. The lowest BCUT2D eigenvalue weighted by Gasteiger charge is -2.20. The van der Waals surface area contributed by atoms with Crippen LogP contribution in [0, 0.1) is 0 Å². The fourth-order valence-corrected chi connectivity index (χ4v) is 1.81. The summed E-state index contributed by atoms with van der Waals surface area (Å²) < 4.78 is 10.3. The number of hydrogen-bond acceptors (Lipinski definition) is 4. The molecule has 0 saturated carbocycles. The average molecular weight is 307 g/mol. The van der Waals surface area contributed by atoms with Crippen LogP contribution in [0.2, 0.25) is 0 Å². The van der Waals surface area contributed by atoms with E-state index in [0.717, 1.165) is 0 Å². The molecule has 1 amide bonds. The summed E-state index contributed by atoms with van der Waals surface area (Å²) >= 11 is 0. The zero-order valence-electron chi connectivity index (χ0n) is 13.9. The molecule has 1 rings (SSSR count). The summed E-state index contributed by atoms with van der Waals surface area (Å²) in [7, 11) is 0. The molecule has 5 heteroatoms. The normalized spacial score (nSPS) is 12.4. The van der Waals surface area contributed by atoms with E-state index in [4.69, 9.17) is 9.47 Å². The van der Waals surface area contributed by atoms with Crippen molar-refractivity contribution in [1.29, 1.82) is 0 Å². The summed E-state index contributed by atoms with van der Waals surface area (Å²) in [5, 5.41) is 2.48. The zero-order valence-corrected chi connectivity index (χ0v) is 13.9. The second kappa shape index (κ2) is 7.82. The highest BCUT2D eigenvalue weighted by Gasteiger charge is 2.17. The molecule has 0 aliphatic carbocycles. The fraction of sp³-hybridized carbons (Fsp3) is 0.529. The molecule has 0 aromatic heterocycles. The third-order valence-electron chi connectivity index (χ3n) is 3.11. The minimum Gasteiger partial charge on any atom is -0.481 e. The number of esters is 1. The molecule has 0 aliphatic rings. The van der Waals surface area contributed by atoms with Crippen LogP contribution in [0.25, 0.3) is 0 Å². The number of amides is 1. The van der Waals surface area contributed by atoms with Gasteiger partial charge in [0.05, 0.1) is 6.61 Å². The van der Waals surface area contributed by atoms with Gasteiger partial charge in [-0.3, -0.25) is 9.59 Å². The van der Waals surface area contributed by atoms with E-state index < -0.39 is 12.1 Å². The summed E-state index contributed by atoms with van der Waals surface area (Å²) in [6.45, 7) is 9.89. The molecule has 0 bridgehead atoms. The molecule has 1 unspecified atom stereocenters. The average Bonchev–Trinajstić information content (AvgIpc) is 2.44. The summed E-state index contributed by atoms with van der Waals surface area (Å²) in [6.07, 6.45) is -0.685. The Labute approximate surface area is 132 Å². The molecule has 0 heterocycles. The van der Waals surface area contributed by atoms with Gasteiger partial charge >= 0.3 is 5.97 Å². The molecule has 0 saturated heterocycles. The lowest BCUT2D eigenvalue weighted by atomic mass is 9.87. The maximum atomic E-state index is 11.8. The maximum absolute atomic E-state index is 11.8. The number of ether oxygens (including phenoxy) is 2. The van der Waals surface area contributed by atoms with Gasteiger partial charge in [0, 0.05) is 0 Å². The zero-order chi connectivity index (χ0) is 16.8. The minimum absolute atomic E-state index is 0.0706. The van der Waals surface area contributed by atoms with E-state index in [1.165, 1.54) is 5.56 Å². The van der Waals surface area contributed by atoms with Crippen molar-refractivity contribution in [3.05, 3.63) is 29.8 Å². The lowest BCUT2D eigenvalue weighted by Crippen LogP contribution is -2.39. The van der Waals surface area contributed by atoms with E-state index in [2.05, 4.69) is 26.1 Å². The van der Waals surface area contributed by atoms with Crippen molar-refractivity contribution in [3.63, 3.8) is 0 Å². The van der Waals surface area contributed by atoms with Crippen LogP contribution < -0.4 is 10.1 Å². The number of carbonyl (C=O) groups is 2. The van der Waals surface area contributed by atoms with Crippen molar-refractivity contribution in [2.75, 3.05) is 13.2 Å². The highest BCUT2D eigenvalue weighted by Crippen LogP contribution is 2.24. The second-order valence-electron chi connectivity index (χ2n) is 6.06. The molecular formula is C17H25NO4. The highest BCUT2D eigenvalue weighted by molar-refractivity contribution is 5.84. The van der Waals surface area contributed by atoms with Gasteiger partial charge in [-0.1, -0.05) is 32.9 Å². The monoisotopic (exact) mass is 307 g/mol. The predicted molar refractivity (Wildman–Crippen MR) is 84.9 cm³/mol. The molecule has 1 N–H and O–H groups in total. The molecule has 0 radical (unpaired) electrons. The number of nitrogens with one attached hydrogen (secondary N) is 1. The Bertz CT molecular complexity index is 502. The van der Waals surface area contributed by atoms with E-state index in [1.54, 1.807) is 13.8 Å². The topological polar surface area (TPSA) is 64.6 Å². The van der Waals surface area contributed by atoms with Crippen LogP contribution in [0.1, 0.15) is 40.2 Å². The Hall–Kier alpha value is -2.04. The summed E-state index contributed by atoms with van der Waals surface area (Å²) in [4.78, 5) is 23.0. The van der Waals surface area contributed by atoms with Gasteiger partial charge in [-0.25, -0.2) is 0 Å². The van der Waals surface area contributed by atoms with Crippen LogP contribution in [-0.4, -0.2) is 31.1 Å². The van der Waals surface area contributed by atoms with Gasteiger partial charge in [0.15, 0.2) is 6.10 Å². The fourth-order valence-electron chi connectivity index (χ4n) is 1.81. The third-order valence-corrected chi connectivity index (χ3v) is 3.11. The van der Waals surface area contributed by atoms with Gasteiger partial charge in [0.2, 0.25) is 0 Å². The van der Waals surface area contributed by atoms with E-state index in [0.29, 0.717) is 12.4 Å². The van der Waals surface area contributed by atoms with Gasteiger partial charge in [-0.2, -0.15) is 0 Å². The summed E-state index contributed by atoms with van der Waals surface area (Å²) in [6, 6.07) is 7.66. The van der Waals surface area contributed by atoms with Crippen molar-refractivity contribution < 1.29 is 19.1 Å². The van der Waals surface area contributed by atoms with Crippen LogP contribution in [0.5, 0.6) is 5.75 Å². The first kappa shape index (κ1) is 18.0. The van der Waals surface area contributed by atoms with Gasteiger partial charge in [-0.05, 0) is 37.0 Å². The first-order chi connectivity index (χ1) is 10.2. The molecule has 1 aromatic rings. The quantitative estimate of drug-likeness (QED) is 0.820.